The van der Waals surface area contributed by atoms with E-state index >= 15 is 0 Å². The van der Waals surface area contributed by atoms with Gasteiger partial charge in [0.15, 0.2) is 5.79 Å². The number of benzene rings is 1. The quantitative estimate of drug-likeness (QED) is 0.793. The molecule has 1 aromatic rings. The number of rotatable bonds is 6. The summed E-state index contributed by atoms with van der Waals surface area (Å²) in [6.07, 6.45) is 3.49. The molecule has 1 N–H and O–H groups in total. The Labute approximate surface area is 144 Å². The van der Waals surface area contributed by atoms with Crippen molar-refractivity contribution in [2.45, 2.75) is 43.3 Å². The summed E-state index contributed by atoms with van der Waals surface area (Å²) in [4.78, 5) is 2.57. The van der Waals surface area contributed by atoms with Crippen molar-refractivity contribution >= 4 is 15.7 Å². The molecule has 3 rings (SSSR count). The minimum atomic E-state index is -3.41. The number of anilines is 1. The van der Waals surface area contributed by atoms with Gasteiger partial charge in [0, 0.05) is 38.2 Å². The Bertz CT molecular complexity index is 629. The van der Waals surface area contributed by atoms with E-state index in [4.69, 9.17) is 9.47 Å². The molecule has 0 unspecified atom stereocenters. The van der Waals surface area contributed by atoms with Crippen molar-refractivity contribution in [1.82, 2.24) is 4.72 Å². The normalized spacial score (nSPS) is 20.6. The largest absolute Gasteiger partial charge is 0.371 e. The Morgan fingerprint density at radius 1 is 1.12 bits per heavy atom. The predicted molar refractivity (Wildman–Crippen MR) is 92.6 cm³/mol. The number of hydrogen-bond donors (Lipinski definition) is 1. The molecule has 0 bridgehead atoms. The lowest BCUT2D eigenvalue weighted by Crippen LogP contribution is -2.45. The highest BCUT2D eigenvalue weighted by molar-refractivity contribution is 7.89. The van der Waals surface area contributed by atoms with Crippen molar-refractivity contribution in [3.63, 3.8) is 0 Å². The highest BCUT2D eigenvalue weighted by Gasteiger charge is 2.39. The monoisotopic (exact) mass is 354 g/mol. The zero-order valence-corrected chi connectivity index (χ0v) is 15.0. The molecular weight excluding hydrogens is 328 g/mol. The SMILES string of the molecule is CCCCNS(=O)(=O)c1ccc(N2CCC3(CC2)OCCO3)cc1. The van der Waals surface area contributed by atoms with Crippen molar-refractivity contribution in [3.05, 3.63) is 24.3 Å². The number of hydrogen-bond acceptors (Lipinski definition) is 5. The average molecular weight is 354 g/mol. The molecule has 2 aliphatic heterocycles. The van der Waals surface area contributed by atoms with Gasteiger partial charge in [-0.05, 0) is 30.7 Å². The molecule has 134 valence electrons. The van der Waals surface area contributed by atoms with Gasteiger partial charge in [0.1, 0.15) is 0 Å². The molecule has 2 fully saturated rings. The first-order chi connectivity index (χ1) is 11.5. The van der Waals surface area contributed by atoms with Crippen molar-refractivity contribution in [3.8, 4) is 0 Å². The van der Waals surface area contributed by atoms with E-state index < -0.39 is 10.0 Å². The van der Waals surface area contributed by atoms with E-state index in [1.807, 2.05) is 19.1 Å². The van der Waals surface area contributed by atoms with Gasteiger partial charge in [-0.2, -0.15) is 0 Å². The lowest BCUT2D eigenvalue weighted by Gasteiger charge is -2.38. The molecule has 2 heterocycles. The number of piperidine rings is 1. The van der Waals surface area contributed by atoms with Gasteiger partial charge in [-0.3, -0.25) is 0 Å². The third-order valence-corrected chi connectivity index (χ3v) is 6.15. The topological polar surface area (TPSA) is 67.9 Å². The molecule has 24 heavy (non-hydrogen) atoms. The second-order valence-corrected chi connectivity index (χ2v) is 8.11. The van der Waals surface area contributed by atoms with Gasteiger partial charge in [-0.1, -0.05) is 13.3 Å². The Morgan fingerprint density at radius 3 is 2.33 bits per heavy atom. The van der Waals surface area contributed by atoms with Crippen LogP contribution in [0.3, 0.4) is 0 Å². The van der Waals surface area contributed by atoms with Crippen LogP contribution in [0.1, 0.15) is 32.6 Å². The maximum absolute atomic E-state index is 12.2. The minimum absolute atomic E-state index is 0.318. The van der Waals surface area contributed by atoms with Gasteiger partial charge in [-0.25, -0.2) is 13.1 Å². The molecule has 0 aromatic heterocycles. The standard InChI is InChI=1S/C17H26N2O4S/c1-2-3-10-18-24(20,21)16-6-4-15(5-7-16)19-11-8-17(9-12-19)22-13-14-23-17/h4-7,18H,2-3,8-14H2,1H3. The predicted octanol–water partition coefficient (Wildman–Crippen LogP) is 2.11. The molecule has 7 heteroatoms. The Hall–Kier alpha value is -1.15. The van der Waals surface area contributed by atoms with E-state index in [1.54, 1.807) is 12.1 Å². The molecule has 2 saturated heterocycles. The Balaban J connectivity index is 1.60. The number of nitrogens with one attached hydrogen (secondary N) is 1. The summed E-state index contributed by atoms with van der Waals surface area (Å²) in [7, 11) is -3.41. The van der Waals surface area contributed by atoms with Crippen molar-refractivity contribution in [2.24, 2.45) is 0 Å². The van der Waals surface area contributed by atoms with Gasteiger partial charge < -0.3 is 14.4 Å². The summed E-state index contributed by atoms with van der Waals surface area (Å²) in [6, 6.07) is 7.11. The van der Waals surface area contributed by atoms with E-state index in [0.29, 0.717) is 24.7 Å². The zero-order valence-electron chi connectivity index (χ0n) is 14.2. The van der Waals surface area contributed by atoms with Crippen molar-refractivity contribution in [2.75, 3.05) is 37.7 Å². The van der Waals surface area contributed by atoms with E-state index in [0.717, 1.165) is 44.5 Å². The number of unbranched alkanes of at least 4 members (excludes halogenated alkanes) is 1. The summed E-state index contributed by atoms with van der Waals surface area (Å²) >= 11 is 0. The third-order valence-electron chi connectivity index (χ3n) is 4.67. The first-order valence-corrected chi connectivity index (χ1v) is 10.2. The van der Waals surface area contributed by atoms with Crippen LogP contribution in [0.25, 0.3) is 0 Å². The fraction of sp³-hybridized carbons (Fsp3) is 0.647. The maximum Gasteiger partial charge on any atom is 0.240 e. The highest BCUT2D eigenvalue weighted by Crippen LogP contribution is 2.33. The second-order valence-electron chi connectivity index (χ2n) is 6.34. The van der Waals surface area contributed by atoms with E-state index in [2.05, 4.69) is 9.62 Å². The van der Waals surface area contributed by atoms with Gasteiger partial charge in [-0.15, -0.1) is 0 Å². The fourth-order valence-corrected chi connectivity index (χ4v) is 4.27. The summed E-state index contributed by atoms with van der Waals surface area (Å²) in [5, 5.41) is 0. The Kier molecular flexibility index (Phi) is 5.44. The van der Waals surface area contributed by atoms with Crippen LogP contribution in [0.5, 0.6) is 0 Å². The lowest BCUT2D eigenvalue weighted by molar-refractivity contribution is -0.169. The van der Waals surface area contributed by atoms with Gasteiger partial charge in [0.2, 0.25) is 10.0 Å². The third kappa shape index (κ3) is 3.91. The molecular formula is C17H26N2O4S. The minimum Gasteiger partial charge on any atom is -0.371 e. The second kappa shape index (κ2) is 7.39. The lowest BCUT2D eigenvalue weighted by atomic mass is 10.0. The first kappa shape index (κ1) is 17.7. The van der Waals surface area contributed by atoms with Gasteiger partial charge in [0.05, 0.1) is 18.1 Å². The summed E-state index contributed by atoms with van der Waals surface area (Å²) in [6.45, 7) is 5.57. The van der Waals surface area contributed by atoms with Crippen LogP contribution in [0.15, 0.2) is 29.2 Å². The van der Waals surface area contributed by atoms with Crippen LogP contribution in [-0.4, -0.2) is 47.1 Å². The number of sulfonamides is 1. The smallest absolute Gasteiger partial charge is 0.240 e. The van der Waals surface area contributed by atoms with Crippen LogP contribution >= 0.6 is 0 Å². The molecule has 6 nitrogen and oxygen atoms in total. The first-order valence-electron chi connectivity index (χ1n) is 8.67. The maximum atomic E-state index is 12.2. The molecule has 0 atom stereocenters. The molecule has 1 spiro atoms. The number of nitrogens with zero attached hydrogens (tertiary/aromatic N) is 1. The molecule has 0 aliphatic carbocycles. The number of ether oxygens (including phenoxy) is 2. The fourth-order valence-electron chi connectivity index (χ4n) is 3.19. The van der Waals surface area contributed by atoms with Crippen LogP contribution < -0.4 is 9.62 Å². The van der Waals surface area contributed by atoms with Gasteiger partial charge in [0.25, 0.3) is 0 Å². The summed E-state index contributed by atoms with van der Waals surface area (Å²) in [5.74, 6) is -0.386. The van der Waals surface area contributed by atoms with Crippen molar-refractivity contribution in [1.29, 1.82) is 0 Å². The van der Waals surface area contributed by atoms with E-state index in [-0.39, 0.29) is 5.79 Å². The van der Waals surface area contributed by atoms with Crippen LogP contribution in [0, 0.1) is 0 Å². The molecule has 2 aliphatic rings. The summed E-state index contributed by atoms with van der Waals surface area (Å²) < 4.78 is 38.5. The highest BCUT2D eigenvalue weighted by atomic mass is 32.2. The molecule has 1 aromatic carbocycles. The van der Waals surface area contributed by atoms with Gasteiger partial charge >= 0.3 is 0 Å². The zero-order chi connectivity index (χ0) is 17.0. The van der Waals surface area contributed by atoms with Crippen LogP contribution in [-0.2, 0) is 19.5 Å². The summed E-state index contributed by atoms with van der Waals surface area (Å²) in [5.41, 5.74) is 1.04. The Morgan fingerprint density at radius 2 is 1.75 bits per heavy atom. The van der Waals surface area contributed by atoms with Crippen LogP contribution in [0.2, 0.25) is 0 Å². The molecule has 0 amide bonds. The van der Waals surface area contributed by atoms with E-state index in [1.165, 1.54) is 0 Å². The average Bonchev–Trinajstić information content (AvgIpc) is 3.04. The van der Waals surface area contributed by atoms with E-state index in [9.17, 15) is 8.42 Å². The molecule has 0 radical (unpaired) electrons. The molecule has 0 saturated carbocycles. The van der Waals surface area contributed by atoms with Crippen LogP contribution in [0.4, 0.5) is 5.69 Å². The van der Waals surface area contributed by atoms with Crippen molar-refractivity contribution < 1.29 is 17.9 Å².